The minimum atomic E-state index is -5.17. The number of benzene rings is 4. The maximum atomic E-state index is 15.4. The summed E-state index contributed by atoms with van der Waals surface area (Å²) in [5, 5.41) is 17.8. The molecule has 4 aromatic carbocycles. The molecule has 1 fully saturated rings. The van der Waals surface area contributed by atoms with Gasteiger partial charge in [0.1, 0.15) is 23.9 Å². The second-order valence-corrected chi connectivity index (χ2v) is 21.1. The average molecular weight is 1070 g/mol. The normalized spacial score (nSPS) is 14.0. The van der Waals surface area contributed by atoms with E-state index >= 15 is 4.39 Å². The van der Waals surface area contributed by atoms with Gasteiger partial charge in [-0.1, -0.05) is 69.3 Å². The molecule has 394 valence electrons. The van der Waals surface area contributed by atoms with Crippen LogP contribution in [0.5, 0.6) is 0 Å². The van der Waals surface area contributed by atoms with E-state index in [0.29, 0.717) is 60.2 Å². The fourth-order valence-corrected chi connectivity index (χ4v) is 9.97. The summed E-state index contributed by atoms with van der Waals surface area (Å²) >= 11 is 7.20. The first-order valence-electron chi connectivity index (χ1n) is 24.1. The lowest BCUT2D eigenvalue weighted by Gasteiger charge is -2.39. The minimum Gasteiger partial charge on any atom is -0.350 e. The number of hydrogen-bond acceptors (Lipinski definition) is 10. The Morgan fingerprint density at radius 2 is 1.46 bits per heavy atom. The van der Waals surface area contributed by atoms with Crippen LogP contribution in [0.4, 0.5) is 28.9 Å². The molecule has 1 saturated heterocycles. The molecule has 3 heterocycles. The first-order valence-corrected chi connectivity index (χ1v) is 25.4. The van der Waals surface area contributed by atoms with Gasteiger partial charge in [-0.05, 0) is 116 Å². The number of nitrogens with one attached hydrogen (secondary N) is 3. The van der Waals surface area contributed by atoms with Crippen molar-refractivity contribution in [3.8, 4) is 27.8 Å². The topological polar surface area (TPSA) is 181 Å². The zero-order valence-electron chi connectivity index (χ0n) is 42.7. The van der Waals surface area contributed by atoms with E-state index in [4.69, 9.17) is 12.2 Å². The average Bonchev–Trinajstić information content (AvgIpc) is 4.08. The maximum absolute atomic E-state index is 15.4. The maximum Gasteiger partial charge on any atom is 0.420 e. The monoisotopic (exact) mass is 1070 g/mol. The minimum absolute atomic E-state index is 0.136. The molecule has 0 spiro atoms. The zero-order valence-corrected chi connectivity index (χ0v) is 44.3. The molecule has 20 heteroatoms. The fourth-order valence-electron chi connectivity index (χ4n) is 8.72. The highest BCUT2D eigenvalue weighted by Crippen LogP contribution is 2.39. The summed E-state index contributed by atoms with van der Waals surface area (Å²) < 4.78 is 56.8. The van der Waals surface area contributed by atoms with Gasteiger partial charge in [0, 0.05) is 43.4 Å². The molecule has 0 aliphatic carbocycles. The number of halogens is 4. The summed E-state index contributed by atoms with van der Waals surface area (Å²) in [6.07, 6.45) is -2.04. The molecule has 0 saturated carbocycles. The predicted molar refractivity (Wildman–Crippen MR) is 287 cm³/mol. The number of likely N-dealkylation sites (tertiary alicyclic amines) is 1. The summed E-state index contributed by atoms with van der Waals surface area (Å²) in [6, 6.07) is 25.9. The highest BCUT2D eigenvalue weighted by molar-refractivity contribution is 7.80. The number of aromatic nitrogens is 2. The van der Waals surface area contributed by atoms with E-state index in [1.807, 2.05) is 57.5 Å². The highest BCUT2D eigenvalue weighted by atomic mass is 32.1. The number of pyridine rings is 1. The van der Waals surface area contributed by atoms with Crippen LogP contribution in [0, 0.1) is 29.5 Å². The Morgan fingerprint density at radius 1 is 0.855 bits per heavy atom. The Hall–Kier alpha value is -7.89. The van der Waals surface area contributed by atoms with E-state index < -0.39 is 57.8 Å². The number of nitrogens with zero attached hydrogens (tertiary/aromatic N) is 6. The Kier molecular flexibility index (Phi) is 16.8. The van der Waals surface area contributed by atoms with Gasteiger partial charge in [0.2, 0.25) is 11.8 Å². The van der Waals surface area contributed by atoms with Crippen LogP contribution in [0.2, 0.25) is 0 Å². The number of aryl methyl sites for hydroxylation is 1. The van der Waals surface area contributed by atoms with Crippen molar-refractivity contribution >= 4 is 70.0 Å². The molecule has 6 aromatic rings. The molecule has 7 rings (SSSR count). The zero-order chi connectivity index (χ0) is 55.3. The van der Waals surface area contributed by atoms with E-state index in [-0.39, 0.29) is 35.1 Å². The van der Waals surface area contributed by atoms with Crippen LogP contribution in [0.25, 0.3) is 21.7 Å². The van der Waals surface area contributed by atoms with E-state index in [2.05, 4.69) is 25.9 Å². The molecule has 0 bridgehead atoms. The van der Waals surface area contributed by atoms with Gasteiger partial charge in [-0.25, -0.2) is 9.37 Å². The smallest absolute Gasteiger partial charge is 0.350 e. The van der Waals surface area contributed by atoms with Crippen LogP contribution in [0.3, 0.4) is 0 Å². The predicted octanol–water partition coefficient (Wildman–Crippen LogP) is 9.80. The fraction of sp³-hybridized carbons (Fsp3) is 0.304. The second kappa shape index (κ2) is 22.9. The summed E-state index contributed by atoms with van der Waals surface area (Å²) in [4.78, 5) is 80.7. The van der Waals surface area contributed by atoms with Crippen molar-refractivity contribution in [2.24, 2.45) is 5.41 Å². The number of amides is 4. The van der Waals surface area contributed by atoms with Gasteiger partial charge in [-0.2, -0.15) is 18.4 Å². The van der Waals surface area contributed by atoms with E-state index in [9.17, 15) is 42.4 Å². The number of hydrogen-bond donors (Lipinski definition) is 3. The summed E-state index contributed by atoms with van der Waals surface area (Å²) in [6.45, 7) is 11.4. The Balaban J connectivity index is 0.935. The van der Waals surface area contributed by atoms with Crippen LogP contribution >= 0.6 is 23.6 Å². The lowest BCUT2D eigenvalue weighted by molar-refractivity contribution is -0.142. The van der Waals surface area contributed by atoms with Gasteiger partial charge in [-0.15, -0.1) is 11.3 Å². The first-order chi connectivity index (χ1) is 35.9. The van der Waals surface area contributed by atoms with Crippen LogP contribution in [-0.2, 0) is 33.6 Å². The van der Waals surface area contributed by atoms with Crippen molar-refractivity contribution in [3.63, 3.8) is 0 Å². The van der Waals surface area contributed by atoms with Gasteiger partial charge >= 0.3 is 6.18 Å². The molecule has 2 atom stereocenters. The lowest BCUT2D eigenvalue weighted by atomic mass is 9.85. The lowest BCUT2D eigenvalue weighted by Crippen LogP contribution is -2.57. The van der Waals surface area contributed by atoms with Crippen LogP contribution in [-0.4, -0.2) is 81.1 Å². The Bertz CT molecular complexity index is 3190. The van der Waals surface area contributed by atoms with Gasteiger partial charge in [-0.3, -0.25) is 24.2 Å². The van der Waals surface area contributed by atoms with Gasteiger partial charge in [0.15, 0.2) is 10.9 Å². The standard InChI is InChI=1S/C56H55F4N9O5S2/c1-33-47(76-32-65-33)37-14-10-34(11-15-37)29-64-51(73)44-9-8-26-68(44)52(74)48(54(2,3)4)66-50(72)39-16-12-35(13-17-39)28-63-49(71)38-20-18-36(19-21-38)42-24-23-41(30-62-42)69(55(5,6)31-70)53(75)67(7)43-25-22-40(27-61)45(46(43)57)56(58,59)60/h10-25,30-32,44,48H,8-9,26,28-29H2,1-7H3,(H,63,71)(H,64,73)(H,66,72). The molecule has 3 N–H and O–H groups in total. The van der Waals surface area contributed by atoms with E-state index in [0.717, 1.165) is 38.7 Å². The molecular formula is C56H55F4N9O5S2. The summed E-state index contributed by atoms with van der Waals surface area (Å²) in [7, 11) is 1.25. The van der Waals surface area contributed by atoms with Crippen LogP contribution < -0.4 is 25.8 Å². The molecule has 1 aliphatic rings. The Morgan fingerprint density at radius 3 is 2.03 bits per heavy atom. The molecule has 4 amide bonds. The Labute approximate surface area is 447 Å². The molecule has 2 unspecified atom stereocenters. The number of nitriles is 1. The number of thiazole rings is 1. The SMILES string of the molecule is Cc1ncsc1-c1ccc(CNC(=O)C2CCCN2C(=O)C(NC(=O)c2ccc(CNC(=O)c3ccc(-c4ccc(N(C(=S)N(C)c5ccc(C#N)c(C(F)(F)F)c5F)C(C)(C)C=O)cn4)cc3)cc2)C(C)(C)C)cc1. The van der Waals surface area contributed by atoms with Crippen molar-refractivity contribution in [2.45, 2.75) is 91.3 Å². The third-order valence-electron chi connectivity index (χ3n) is 13.0. The third kappa shape index (κ3) is 12.4. The number of anilines is 2. The van der Waals surface area contributed by atoms with Crippen molar-refractivity contribution < 1.29 is 41.5 Å². The van der Waals surface area contributed by atoms with Gasteiger partial charge in [0.25, 0.3) is 11.8 Å². The number of alkyl halides is 3. The summed E-state index contributed by atoms with van der Waals surface area (Å²) in [5.74, 6) is -3.13. The molecule has 1 aliphatic heterocycles. The van der Waals surface area contributed by atoms with Gasteiger partial charge in [0.05, 0.1) is 56.5 Å². The van der Waals surface area contributed by atoms with Crippen LogP contribution in [0.1, 0.15) is 96.1 Å². The van der Waals surface area contributed by atoms with Crippen molar-refractivity contribution in [1.29, 1.82) is 5.26 Å². The number of thiocarbonyl (C=S) groups is 1. The van der Waals surface area contributed by atoms with Gasteiger partial charge < -0.3 is 35.4 Å². The van der Waals surface area contributed by atoms with Crippen molar-refractivity contribution in [2.75, 3.05) is 23.4 Å². The molecule has 2 aromatic heterocycles. The first kappa shape index (κ1) is 55.9. The van der Waals surface area contributed by atoms with Crippen molar-refractivity contribution in [3.05, 3.63) is 154 Å². The quantitative estimate of drug-likeness (QED) is 0.0506. The highest BCUT2D eigenvalue weighted by Gasteiger charge is 2.43. The summed E-state index contributed by atoms with van der Waals surface area (Å²) in [5.41, 5.74) is 2.18. The molecule has 14 nitrogen and oxygen atoms in total. The molecule has 0 radical (unpaired) electrons. The molecule has 76 heavy (non-hydrogen) atoms. The van der Waals surface area contributed by atoms with E-state index in [1.165, 1.54) is 38.1 Å². The number of carbonyl (C=O) groups excluding carboxylic acids is 5. The molecular weight excluding hydrogens is 1020 g/mol. The number of aldehydes is 1. The second-order valence-electron chi connectivity index (χ2n) is 19.9. The van der Waals surface area contributed by atoms with Crippen LogP contribution in [0.15, 0.2) is 109 Å². The van der Waals surface area contributed by atoms with E-state index in [1.54, 1.807) is 76.9 Å². The third-order valence-corrected chi connectivity index (χ3v) is 14.4. The van der Waals surface area contributed by atoms with Crippen molar-refractivity contribution in [1.82, 2.24) is 30.8 Å². The largest absolute Gasteiger partial charge is 0.420 e. The number of carbonyl (C=O) groups is 5. The number of rotatable bonds is 15.